The Morgan fingerprint density at radius 3 is 2.47 bits per heavy atom. The van der Waals surface area contributed by atoms with Crippen molar-refractivity contribution in [3.05, 3.63) is 71.8 Å². The fourth-order valence-electron chi connectivity index (χ4n) is 6.06. The standard InChI is InChI=1S/C25H27N7O4/c33-23(16-4-2-1-3-5-16)21-9-7-17(32(21)25(35)36)10-15-6-8-20(26-11-15)24(34)30-12-18-19(13-30)22(18)31-14-27-28-29-31/h1-6,8,11,14,17-19,21-23,33H,7,9-10,12-13H2,(H,35,36)/t17-,18-,19+,21+,22-,23+/m0/s1. The van der Waals surface area contributed by atoms with Crippen molar-refractivity contribution >= 4 is 12.0 Å². The van der Waals surface area contributed by atoms with E-state index in [0.29, 0.717) is 55.4 Å². The third-order valence-corrected chi connectivity index (χ3v) is 7.89. The molecule has 2 saturated heterocycles. The normalized spacial score (nSPS) is 27.6. The number of piperidine rings is 1. The predicted octanol–water partition coefficient (Wildman–Crippen LogP) is 1.80. The van der Waals surface area contributed by atoms with Crippen LogP contribution in [0.15, 0.2) is 55.0 Å². The summed E-state index contributed by atoms with van der Waals surface area (Å²) in [4.78, 5) is 32.7. The van der Waals surface area contributed by atoms with Gasteiger partial charge in [0.2, 0.25) is 0 Å². The first-order valence-electron chi connectivity index (χ1n) is 12.2. The highest BCUT2D eigenvalue weighted by atomic mass is 16.4. The summed E-state index contributed by atoms with van der Waals surface area (Å²) in [6.45, 7) is 1.33. The molecule has 3 aromatic rings. The lowest BCUT2D eigenvalue weighted by atomic mass is 10.0. The first-order valence-corrected chi connectivity index (χ1v) is 12.2. The number of rotatable bonds is 6. The molecule has 2 N–H and O–H groups in total. The lowest BCUT2D eigenvalue weighted by Crippen LogP contribution is -2.44. The Balaban J connectivity index is 1.08. The van der Waals surface area contributed by atoms with Crippen LogP contribution in [-0.2, 0) is 6.42 Å². The molecule has 2 aromatic heterocycles. The van der Waals surface area contributed by atoms with Crippen molar-refractivity contribution in [3.8, 4) is 0 Å². The first-order chi connectivity index (χ1) is 17.5. The molecule has 2 amide bonds. The number of carboxylic acid groups (broad SMARTS) is 1. The van der Waals surface area contributed by atoms with E-state index in [2.05, 4.69) is 20.5 Å². The number of tetrazole rings is 1. The Morgan fingerprint density at radius 1 is 1.06 bits per heavy atom. The van der Waals surface area contributed by atoms with Gasteiger partial charge in [0.1, 0.15) is 12.0 Å². The van der Waals surface area contributed by atoms with Gasteiger partial charge in [-0.3, -0.25) is 14.7 Å². The molecule has 0 radical (unpaired) electrons. The minimum Gasteiger partial charge on any atom is -0.465 e. The Hall–Kier alpha value is -3.86. The zero-order valence-electron chi connectivity index (χ0n) is 19.5. The lowest BCUT2D eigenvalue weighted by Gasteiger charge is -2.31. The second kappa shape index (κ2) is 8.98. The van der Waals surface area contributed by atoms with Crippen LogP contribution >= 0.6 is 0 Å². The molecule has 1 aliphatic carbocycles. The number of hydrogen-bond donors (Lipinski definition) is 2. The zero-order chi connectivity index (χ0) is 24.8. The number of nitrogens with zero attached hydrogens (tertiary/aromatic N) is 7. The summed E-state index contributed by atoms with van der Waals surface area (Å²) in [6.07, 6.45) is 3.08. The van der Waals surface area contributed by atoms with Gasteiger partial charge in [-0.05, 0) is 46.9 Å². The highest BCUT2D eigenvalue weighted by Gasteiger charge is 2.58. The molecular formula is C25H27N7O4. The molecule has 3 fully saturated rings. The molecular weight excluding hydrogens is 462 g/mol. The van der Waals surface area contributed by atoms with Crippen LogP contribution in [0.2, 0.25) is 0 Å². The summed E-state index contributed by atoms with van der Waals surface area (Å²) in [5.74, 6) is 0.656. The van der Waals surface area contributed by atoms with Gasteiger partial charge in [-0.2, -0.15) is 0 Å². The molecule has 186 valence electrons. The summed E-state index contributed by atoms with van der Waals surface area (Å²) in [5, 5.41) is 32.1. The van der Waals surface area contributed by atoms with Gasteiger partial charge in [0.15, 0.2) is 0 Å². The molecule has 6 atom stereocenters. The van der Waals surface area contributed by atoms with Gasteiger partial charge in [-0.25, -0.2) is 9.48 Å². The monoisotopic (exact) mass is 489 g/mol. The van der Waals surface area contributed by atoms with Crippen LogP contribution in [0.3, 0.4) is 0 Å². The zero-order valence-corrected chi connectivity index (χ0v) is 19.5. The van der Waals surface area contributed by atoms with E-state index < -0.39 is 18.2 Å². The van der Waals surface area contributed by atoms with Crippen molar-refractivity contribution in [2.24, 2.45) is 11.8 Å². The van der Waals surface area contributed by atoms with Gasteiger partial charge in [0.25, 0.3) is 5.91 Å². The average molecular weight is 490 g/mol. The average Bonchev–Trinajstić information content (AvgIpc) is 3.39. The summed E-state index contributed by atoms with van der Waals surface area (Å²) in [6, 6.07) is 12.2. The van der Waals surface area contributed by atoms with E-state index >= 15 is 0 Å². The number of carbonyl (C=O) groups is 2. The Kier molecular flexibility index (Phi) is 5.63. The minimum absolute atomic E-state index is 0.0942. The summed E-state index contributed by atoms with van der Waals surface area (Å²) < 4.78 is 1.77. The summed E-state index contributed by atoms with van der Waals surface area (Å²) >= 11 is 0. The number of aliphatic hydroxyl groups excluding tert-OH is 1. The van der Waals surface area contributed by atoms with Gasteiger partial charge in [-0.15, -0.1) is 5.10 Å². The second-order valence-electron chi connectivity index (χ2n) is 9.92. The Bertz CT molecular complexity index is 1230. The highest BCUT2D eigenvalue weighted by Crippen LogP contribution is 2.54. The van der Waals surface area contributed by atoms with Crippen LogP contribution in [0, 0.1) is 11.8 Å². The summed E-state index contributed by atoms with van der Waals surface area (Å²) in [5.41, 5.74) is 1.96. The largest absolute Gasteiger partial charge is 0.465 e. The van der Waals surface area contributed by atoms with Gasteiger partial charge in [-0.1, -0.05) is 36.4 Å². The lowest BCUT2D eigenvalue weighted by molar-refractivity contribution is 0.0540. The van der Waals surface area contributed by atoms with Gasteiger partial charge >= 0.3 is 6.09 Å². The van der Waals surface area contributed by atoms with Crippen molar-refractivity contribution < 1.29 is 19.8 Å². The minimum atomic E-state index is -1.04. The van der Waals surface area contributed by atoms with Gasteiger partial charge in [0, 0.05) is 37.2 Å². The van der Waals surface area contributed by atoms with Crippen LogP contribution in [-0.4, -0.2) is 82.4 Å². The molecule has 11 nitrogen and oxygen atoms in total. The van der Waals surface area contributed by atoms with Crippen molar-refractivity contribution in [1.29, 1.82) is 0 Å². The maximum absolute atomic E-state index is 13.0. The molecule has 6 rings (SSSR count). The number of hydrogen-bond acceptors (Lipinski definition) is 7. The fraction of sp³-hybridized carbons (Fsp3) is 0.440. The topological polar surface area (TPSA) is 138 Å². The van der Waals surface area contributed by atoms with Gasteiger partial charge < -0.3 is 15.1 Å². The van der Waals surface area contributed by atoms with Crippen molar-refractivity contribution in [2.75, 3.05) is 13.1 Å². The molecule has 2 aliphatic heterocycles. The van der Waals surface area contributed by atoms with Gasteiger partial charge in [0.05, 0.1) is 18.2 Å². The van der Waals surface area contributed by atoms with E-state index in [1.54, 1.807) is 23.3 Å². The van der Waals surface area contributed by atoms with Crippen LogP contribution in [0.4, 0.5) is 4.79 Å². The SMILES string of the molecule is O=C(c1ccc(C[C@@H]2CC[C@H]([C@H](O)c3ccccc3)N2C(=O)O)cn1)N1C[C@@H]2[C@H](C1)[C@@H]2n1cnnn1. The number of aromatic nitrogens is 5. The van der Waals surface area contributed by atoms with E-state index in [-0.39, 0.29) is 18.0 Å². The molecule has 0 unspecified atom stereocenters. The number of aliphatic hydroxyl groups is 1. The quantitative estimate of drug-likeness (QED) is 0.535. The number of carbonyl (C=O) groups excluding carboxylic acids is 1. The van der Waals surface area contributed by atoms with E-state index in [4.69, 9.17) is 0 Å². The van der Waals surface area contributed by atoms with Crippen LogP contribution < -0.4 is 0 Å². The third kappa shape index (κ3) is 3.98. The van der Waals surface area contributed by atoms with Crippen molar-refractivity contribution in [1.82, 2.24) is 35.0 Å². The molecule has 11 heteroatoms. The third-order valence-electron chi connectivity index (χ3n) is 7.89. The summed E-state index contributed by atoms with van der Waals surface area (Å²) in [7, 11) is 0. The first kappa shape index (κ1) is 22.6. The number of benzene rings is 1. The molecule has 4 heterocycles. The van der Waals surface area contributed by atoms with Crippen molar-refractivity contribution in [3.63, 3.8) is 0 Å². The second-order valence-corrected chi connectivity index (χ2v) is 9.92. The molecule has 36 heavy (non-hydrogen) atoms. The smallest absolute Gasteiger partial charge is 0.407 e. The number of fused-ring (bicyclic) bond motifs is 1. The predicted molar refractivity (Wildman–Crippen MR) is 126 cm³/mol. The Morgan fingerprint density at radius 2 is 1.83 bits per heavy atom. The Labute approximate surface area is 207 Å². The van der Waals surface area contributed by atoms with E-state index in [1.807, 2.05) is 41.3 Å². The molecule has 3 aliphatic rings. The van der Waals surface area contributed by atoms with Crippen LogP contribution in [0.5, 0.6) is 0 Å². The fourth-order valence-corrected chi connectivity index (χ4v) is 6.06. The van der Waals surface area contributed by atoms with E-state index in [0.717, 1.165) is 5.56 Å². The number of amides is 2. The van der Waals surface area contributed by atoms with Crippen LogP contribution in [0.25, 0.3) is 0 Å². The molecule has 0 spiro atoms. The van der Waals surface area contributed by atoms with E-state index in [1.165, 1.54) is 4.90 Å². The molecule has 1 saturated carbocycles. The molecule has 0 bridgehead atoms. The molecule has 1 aromatic carbocycles. The van der Waals surface area contributed by atoms with Crippen molar-refractivity contribution in [2.45, 2.75) is 43.5 Å². The number of pyridine rings is 1. The highest BCUT2D eigenvalue weighted by molar-refractivity contribution is 5.92. The van der Waals surface area contributed by atoms with E-state index in [9.17, 15) is 19.8 Å². The maximum Gasteiger partial charge on any atom is 0.407 e. The maximum atomic E-state index is 13.0. The van der Waals surface area contributed by atoms with Crippen LogP contribution in [0.1, 0.15) is 46.6 Å². The number of likely N-dealkylation sites (tertiary alicyclic amines) is 2.